The Bertz CT molecular complexity index is 1050. The number of ether oxygens (including phenoxy) is 1. The maximum Gasteiger partial charge on any atom is 0.191 e. The minimum absolute atomic E-state index is 0.606. The molecule has 2 aromatic carbocycles. The van der Waals surface area contributed by atoms with Crippen molar-refractivity contribution in [3.8, 4) is 17.1 Å². The molecule has 0 aliphatic rings. The van der Waals surface area contributed by atoms with E-state index in [1.807, 2.05) is 54.7 Å². The van der Waals surface area contributed by atoms with Crippen LogP contribution in [0.1, 0.15) is 11.1 Å². The lowest BCUT2D eigenvalue weighted by atomic mass is 10.2. The lowest BCUT2D eigenvalue weighted by molar-refractivity contribution is 0.343. The Labute approximate surface area is 174 Å². The summed E-state index contributed by atoms with van der Waals surface area (Å²) >= 11 is 1.65. The highest BCUT2D eigenvalue weighted by atomic mass is 32.2. The van der Waals surface area contributed by atoms with Gasteiger partial charge in [0.25, 0.3) is 0 Å². The van der Waals surface area contributed by atoms with Crippen LogP contribution in [-0.4, -0.2) is 32.1 Å². The van der Waals surface area contributed by atoms with Crippen LogP contribution in [-0.2, 0) is 6.54 Å². The van der Waals surface area contributed by atoms with Gasteiger partial charge in [-0.25, -0.2) is 0 Å². The maximum atomic E-state index is 5.87. The first-order valence-corrected chi connectivity index (χ1v) is 10.5. The summed E-state index contributed by atoms with van der Waals surface area (Å²) in [5.74, 6) is 2.50. The third-order valence-corrected chi connectivity index (χ3v) is 5.32. The second-order valence-corrected chi connectivity index (χ2v) is 7.70. The van der Waals surface area contributed by atoms with Crippen LogP contribution < -0.4 is 4.74 Å². The SMILES string of the molecule is Cc1cccc(OCCSc2nnc(-c3cccnc3)n2Cc2ccccc2)c1. The summed E-state index contributed by atoms with van der Waals surface area (Å²) in [6.45, 7) is 3.38. The van der Waals surface area contributed by atoms with E-state index in [1.165, 1.54) is 11.1 Å². The van der Waals surface area contributed by atoms with Gasteiger partial charge in [-0.15, -0.1) is 10.2 Å². The number of aryl methyl sites for hydroxylation is 1. The zero-order chi connectivity index (χ0) is 19.9. The molecule has 29 heavy (non-hydrogen) atoms. The Kier molecular flexibility index (Phi) is 6.22. The molecule has 6 heteroatoms. The number of aromatic nitrogens is 4. The van der Waals surface area contributed by atoms with Gasteiger partial charge in [0.15, 0.2) is 11.0 Å². The molecule has 0 fully saturated rings. The van der Waals surface area contributed by atoms with Crippen LogP contribution in [0.4, 0.5) is 0 Å². The average Bonchev–Trinajstić information content (AvgIpc) is 3.15. The molecule has 0 amide bonds. The summed E-state index contributed by atoms with van der Waals surface area (Å²) in [7, 11) is 0. The van der Waals surface area contributed by atoms with E-state index in [9.17, 15) is 0 Å². The Morgan fingerprint density at radius 2 is 1.86 bits per heavy atom. The first-order chi connectivity index (χ1) is 14.3. The van der Waals surface area contributed by atoms with Crippen LogP contribution in [0.3, 0.4) is 0 Å². The second kappa shape index (κ2) is 9.39. The van der Waals surface area contributed by atoms with Crippen molar-refractivity contribution >= 4 is 11.8 Å². The van der Waals surface area contributed by atoms with Crippen LogP contribution in [0.2, 0.25) is 0 Å². The van der Waals surface area contributed by atoms with Gasteiger partial charge >= 0.3 is 0 Å². The van der Waals surface area contributed by atoms with Gasteiger partial charge in [0.2, 0.25) is 0 Å². The second-order valence-electron chi connectivity index (χ2n) is 6.63. The summed E-state index contributed by atoms with van der Waals surface area (Å²) in [6, 6.07) is 22.4. The van der Waals surface area contributed by atoms with Gasteiger partial charge in [-0.3, -0.25) is 9.55 Å². The number of rotatable bonds is 8. The van der Waals surface area contributed by atoms with E-state index in [2.05, 4.69) is 44.9 Å². The van der Waals surface area contributed by atoms with Gasteiger partial charge in [-0.05, 0) is 42.3 Å². The topological polar surface area (TPSA) is 52.8 Å². The largest absolute Gasteiger partial charge is 0.493 e. The summed E-state index contributed by atoms with van der Waals surface area (Å²) in [5, 5.41) is 9.76. The zero-order valence-corrected chi connectivity index (χ0v) is 17.0. The summed E-state index contributed by atoms with van der Waals surface area (Å²) in [5.41, 5.74) is 3.35. The third-order valence-electron chi connectivity index (χ3n) is 4.39. The molecule has 146 valence electrons. The predicted molar refractivity (Wildman–Crippen MR) is 116 cm³/mol. The third kappa shape index (κ3) is 5.03. The van der Waals surface area contributed by atoms with Crippen LogP contribution >= 0.6 is 11.8 Å². The number of thioether (sulfide) groups is 1. The van der Waals surface area contributed by atoms with Crippen LogP contribution in [0, 0.1) is 6.92 Å². The first-order valence-electron chi connectivity index (χ1n) is 9.49. The van der Waals surface area contributed by atoms with Crippen molar-refractivity contribution in [3.63, 3.8) is 0 Å². The Morgan fingerprint density at radius 3 is 2.66 bits per heavy atom. The molecule has 0 radical (unpaired) electrons. The molecule has 5 nitrogen and oxygen atoms in total. The van der Waals surface area contributed by atoms with E-state index >= 15 is 0 Å². The Hall–Kier alpha value is -3.12. The van der Waals surface area contributed by atoms with Crippen LogP contribution in [0.5, 0.6) is 5.75 Å². The number of benzene rings is 2. The van der Waals surface area contributed by atoms with Gasteiger partial charge in [-0.1, -0.05) is 54.2 Å². The molecule has 0 unspecified atom stereocenters. The highest BCUT2D eigenvalue weighted by Gasteiger charge is 2.15. The van der Waals surface area contributed by atoms with Crippen molar-refractivity contribution in [2.24, 2.45) is 0 Å². The Morgan fingerprint density at radius 1 is 0.966 bits per heavy atom. The molecule has 0 saturated carbocycles. The van der Waals surface area contributed by atoms with Gasteiger partial charge in [0, 0.05) is 23.7 Å². The molecule has 0 aliphatic carbocycles. The average molecular weight is 403 g/mol. The van der Waals surface area contributed by atoms with Crippen molar-refractivity contribution in [2.75, 3.05) is 12.4 Å². The van der Waals surface area contributed by atoms with Gasteiger partial charge in [-0.2, -0.15) is 0 Å². The van der Waals surface area contributed by atoms with Crippen molar-refractivity contribution in [2.45, 2.75) is 18.6 Å². The normalized spacial score (nSPS) is 10.8. The minimum Gasteiger partial charge on any atom is -0.493 e. The molecule has 0 bridgehead atoms. The van der Waals surface area contributed by atoms with Crippen LogP contribution in [0.25, 0.3) is 11.4 Å². The summed E-state index contributed by atoms with van der Waals surface area (Å²) < 4.78 is 8.01. The molecule has 4 rings (SSSR count). The fourth-order valence-electron chi connectivity index (χ4n) is 3.01. The highest BCUT2D eigenvalue weighted by molar-refractivity contribution is 7.99. The number of pyridine rings is 1. The molecule has 2 aromatic heterocycles. The van der Waals surface area contributed by atoms with E-state index < -0.39 is 0 Å². The lowest BCUT2D eigenvalue weighted by Gasteiger charge is -2.11. The molecular formula is C23H22N4OS. The minimum atomic E-state index is 0.606. The summed E-state index contributed by atoms with van der Waals surface area (Å²) in [6.07, 6.45) is 3.58. The van der Waals surface area contributed by atoms with Crippen molar-refractivity contribution in [3.05, 3.63) is 90.3 Å². The van der Waals surface area contributed by atoms with E-state index in [4.69, 9.17) is 4.74 Å². The monoisotopic (exact) mass is 402 g/mol. The van der Waals surface area contributed by atoms with E-state index in [0.29, 0.717) is 13.2 Å². The van der Waals surface area contributed by atoms with Gasteiger partial charge < -0.3 is 4.74 Å². The number of hydrogen-bond donors (Lipinski definition) is 0. The van der Waals surface area contributed by atoms with Crippen LogP contribution in [0.15, 0.2) is 84.3 Å². The Balaban J connectivity index is 1.49. The maximum absolute atomic E-state index is 5.87. The quantitative estimate of drug-likeness (QED) is 0.311. The molecule has 2 heterocycles. The predicted octanol–water partition coefficient (Wildman–Crippen LogP) is 4.87. The zero-order valence-electron chi connectivity index (χ0n) is 16.2. The molecular weight excluding hydrogens is 380 g/mol. The highest BCUT2D eigenvalue weighted by Crippen LogP contribution is 2.25. The smallest absolute Gasteiger partial charge is 0.191 e. The summed E-state index contributed by atoms with van der Waals surface area (Å²) in [4.78, 5) is 4.23. The van der Waals surface area contributed by atoms with Crippen molar-refractivity contribution < 1.29 is 4.74 Å². The van der Waals surface area contributed by atoms with Crippen molar-refractivity contribution in [1.82, 2.24) is 19.7 Å². The molecule has 0 saturated heterocycles. The van der Waals surface area contributed by atoms with Crippen molar-refractivity contribution in [1.29, 1.82) is 0 Å². The molecule has 4 aromatic rings. The first kappa shape index (κ1) is 19.2. The van der Waals surface area contributed by atoms with E-state index in [-0.39, 0.29) is 0 Å². The van der Waals surface area contributed by atoms with E-state index in [1.54, 1.807) is 18.0 Å². The fourth-order valence-corrected chi connectivity index (χ4v) is 3.76. The van der Waals surface area contributed by atoms with Gasteiger partial charge in [0.1, 0.15) is 5.75 Å². The van der Waals surface area contributed by atoms with E-state index in [0.717, 1.165) is 28.0 Å². The fraction of sp³-hybridized carbons (Fsp3) is 0.174. The molecule has 0 aliphatic heterocycles. The number of hydrogen-bond acceptors (Lipinski definition) is 5. The molecule has 0 atom stereocenters. The lowest BCUT2D eigenvalue weighted by Crippen LogP contribution is -2.06. The van der Waals surface area contributed by atoms with Gasteiger partial charge in [0.05, 0.1) is 13.2 Å². The standard InChI is InChI=1S/C23H22N4OS/c1-18-7-5-11-21(15-18)28-13-14-29-23-26-25-22(20-10-6-12-24-16-20)27(23)17-19-8-3-2-4-9-19/h2-12,15-16H,13-14,17H2,1H3. The molecule has 0 N–H and O–H groups in total. The number of nitrogens with zero attached hydrogens (tertiary/aromatic N) is 4. The molecule has 0 spiro atoms.